The average molecular weight is 279 g/mol. The number of aryl methyl sites for hydroxylation is 3. The first kappa shape index (κ1) is 14.2. The second-order valence-corrected chi connectivity index (χ2v) is 4.59. The zero-order chi connectivity index (χ0) is 14.7. The van der Waals surface area contributed by atoms with Crippen molar-refractivity contribution >= 4 is 11.7 Å². The van der Waals surface area contributed by atoms with Gasteiger partial charge in [-0.3, -0.25) is 9.48 Å². The van der Waals surface area contributed by atoms with E-state index in [0.717, 1.165) is 17.8 Å². The Kier molecular flexibility index (Phi) is 4.12. The molecule has 106 valence electrons. The summed E-state index contributed by atoms with van der Waals surface area (Å²) < 4.78 is 27.4. The van der Waals surface area contributed by atoms with Gasteiger partial charge < -0.3 is 5.32 Å². The third-order valence-corrected chi connectivity index (χ3v) is 2.89. The van der Waals surface area contributed by atoms with Crippen molar-refractivity contribution in [2.45, 2.75) is 19.8 Å². The number of carbonyl (C=O) groups excluding carboxylic acids is 1. The predicted molar refractivity (Wildman–Crippen MR) is 71.3 cm³/mol. The maximum absolute atomic E-state index is 13.0. The summed E-state index contributed by atoms with van der Waals surface area (Å²) >= 11 is 0. The maximum atomic E-state index is 13.0. The zero-order valence-electron chi connectivity index (χ0n) is 11.3. The molecule has 0 aliphatic heterocycles. The van der Waals surface area contributed by atoms with Crippen LogP contribution in [0.1, 0.15) is 17.7 Å². The van der Waals surface area contributed by atoms with Gasteiger partial charge in [-0.25, -0.2) is 8.78 Å². The minimum absolute atomic E-state index is 0.190. The van der Waals surface area contributed by atoms with Gasteiger partial charge in [-0.2, -0.15) is 5.10 Å². The average Bonchev–Trinajstić information content (AvgIpc) is 2.69. The van der Waals surface area contributed by atoms with Gasteiger partial charge in [0.2, 0.25) is 5.91 Å². The lowest BCUT2D eigenvalue weighted by atomic mass is 10.1. The fraction of sp³-hybridized carbons (Fsp3) is 0.286. The van der Waals surface area contributed by atoms with Gasteiger partial charge in [0.25, 0.3) is 0 Å². The van der Waals surface area contributed by atoms with E-state index < -0.39 is 11.6 Å². The summed E-state index contributed by atoms with van der Waals surface area (Å²) in [5.41, 5.74) is 1.39. The van der Waals surface area contributed by atoms with Crippen LogP contribution in [0.25, 0.3) is 0 Å². The molecule has 0 bridgehead atoms. The molecule has 1 heterocycles. The first-order valence-electron chi connectivity index (χ1n) is 6.20. The molecule has 0 fully saturated rings. The van der Waals surface area contributed by atoms with E-state index in [9.17, 15) is 13.6 Å². The van der Waals surface area contributed by atoms with Crippen molar-refractivity contribution in [3.8, 4) is 0 Å². The minimum atomic E-state index is -0.898. The number of aromatic nitrogens is 2. The molecule has 2 aromatic rings. The van der Waals surface area contributed by atoms with E-state index in [4.69, 9.17) is 0 Å². The molecule has 0 aliphatic rings. The quantitative estimate of drug-likeness (QED) is 0.935. The molecular weight excluding hydrogens is 264 g/mol. The molecule has 0 saturated carbocycles. The molecule has 0 spiro atoms. The molecule has 1 aromatic carbocycles. The van der Waals surface area contributed by atoms with Crippen molar-refractivity contribution in [3.63, 3.8) is 0 Å². The van der Waals surface area contributed by atoms with Crippen LogP contribution in [0, 0.1) is 18.6 Å². The highest BCUT2D eigenvalue weighted by atomic mass is 19.2. The molecule has 6 heteroatoms. The van der Waals surface area contributed by atoms with Gasteiger partial charge in [-0.15, -0.1) is 0 Å². The first-order valence-corrected chi connectivity index (χ1v) is 6.20. The van der Waals surface area contributed by atoms with Crippen molar-refractivity contribution in [3.05, 3.63) is 47.2 Å². The number of carbonyl (C=O) groups is 1. The fourth-order valence-electron chi connectivity index (χ4n) is 1.89. The molecule has 0 radical (unpaired) electrons. The highest BCUT2D eigenvalue weighted by molar-refractivity contribution is 5.90. The van der Waals surface area contributed by atoms with Crippen LogP contribution in [-0.2, 0) is 18.3 Å². The number of halogens is 2. The predicted octanol–water partition coefficient (Wildman–Crippen LogP) is 2.58. The third kappa shape index (κ3) is 3.40. The monoisotopic (exact) mass is 279 g/mol. The van der Waals surface area contributed by atoms with Gasteiger partial charge in [0.1, 0.15) is 5.82 Å². The Morgan fingerprint density at radius 3 is 2.65 bits per heavy atom. The van der Waals surface area contributed by atoms with Gasteiger partial charge >= 0.3 is 0 Å². The van der Waals surface area contributed by atoms with Crippen LogP contribution in [0.2, 0.25) is 0 Å². The van der Waals surface area contributed by atoms with Gasteiger partial charge in [0.05, 0.1) is 5.69 Å². The van der Waals surface area contributed by atoms with Crippen molar-refractivity contribution in [2.24, 2.45) is 7.05 Å². The van der Waals surface area contributed by atoms with E-state index >= 15 is 0 Å². The number of hydrogen-bond donors (Lipinski definition) is 1. The lowest BCUT2D eigenvalue weighted by molar-refractivity contribution is -0.116. The minimum Gasteiger partial charge on any atom is -0.311 e. The molecular formula is C14H15F2N3O. The Balaban J connectivity index is 1.92. The highest BCUT2D eigenvalue weighted by Crippen LogP contribution is 2.12. The summed E-state index contributed by atoms with van der Waals surface area (Å²) in [6.07, 6.45) is 0.537. The lowest BCUT2D eigenvalue weighted by Gasteiger charge is -2.05. The van der Waals surface area contributed by atoms with Crippen molar-refractivity contribution in [1.29, 1.82) is 0 Å². The van der Waals surface area contributed by atoms with Crippen LogP contribution >= 0.6 is 0 Å². The standard InChI is InChI=1S/C14H15F2N3O/c1-9-7-13(19(2)18-9)17-14(20)6-4-10-3-5-11(15)12(16)8-10/h3,5,7-8H,4,6H2,1-2H3,(H,17,20). The van der Waals surface area contributed by atoms with E-state index in [-0.39, 0.29) is 12.3 Å². The van der Waals surface area contributed by atoms with Crippen LogP contribution in [0.5, 0.6) is 0 Å². The number of benzene rings is 1. The number of anilines is 1. The number of nitrogens with zero attached hydrogens (tertiary/aromatic N) is 2. The van der Waals surface area contributed by atoms with E-state index in [0.29, 0.717) is 17.8 Å². The van der Waals surface area contributed by atoms with Crippen LogP contribution in [0.3, 0.4) is 0 Å². The SMILES string of the molecule is Cc1cc(NC(=O)CCc2ccc(F)c(F)c2)n(C)n1. The summed E-state index contributed by atoms with van der Waals surface area (Å²) in [4.78, 5) is 11.8. The summed E-state index contributed by atoms with van der Waals surface area (Å²) in [5.74, 6) is -1.37. The second-order valence-electron chi connectivity index (χ2n) is 4.59. The Bertz CT molecular complexity index is 637. The summed E-state index contributed by atoms with van der Waals surface area (Å²) in [6.45, 7) is 1.83. The van der Waals surface area contributed by atoms with Crippen molar-refractivity contribution < 1.29 is 13.6 Å². The number of hydrogen-bond acceptors (Lipinski definition) is 2. The van der Waals surface area contributed by atoms with E-state index in [1.165, 1.54) is 6.07 Å². The molecule has 0 atom stereocenters. The smallest absolute Gasteiger partial charge is 0.225 e. The van der Waals surface area contributed by atoms with E-state index in [1.807, 2.05) is 6.92 Å². The fourth-order valence-corrected chi connectivity index (χ4v) is 1.89. The first-order chi connectivity index (χ1) is 9.45. The van der Waals surface area contributed by atoms with Crippen LogP contribution < -0.4 is 5.32 Å². The molecule has 1 amide bonds. The highest BCUT2D eigenvalue weighted by Gasteiger charge is 2.08. The summed E-state index contributed by atoms with van der Waals surface area (Å²) in [6, 6.07) is 5.40. The topological polar surface area (TPSA) is 46.9 Å². The van der Waals surface area contributed by atoms with E-state index in [1.54, 1.807) is 17.8 Å². The molecule has 4 nitrogen and oxygen atoms in total. The number of rotatable bonds is 4. The van der Waals surface area contributed by atoms with Crippen LogP contribution in [0.15, 0.2) is 24.3 Å². The van der Waals surface area contributed by atoms with Gasteiger partial charge in [0, 0.05) is 19.5 Å². The molecule has 2 rings (SSSR count). The second kappa shape index (κ2) is 5.81. The lowest BCUT2D eigenvalue weighted by Crippen LogP contribution is -2.14. The maximum Gasteiger partial charge on any atom is 0.225 e. The normalized spacial score (nSPS) is 10.6. The van der Waals surface area contributed by atoms with Crippen molar-refractivity contribution in [2.75, 3.05) is 5.32 Å². The largest absolute Gasteiger partial charge is 0.311 e. The number of nitrogens with one attached hydrogen (secondary N) is 1. The van der Waals surface area contributed by atoms with Gasteiger partial charge in [0.15, 0.2) is 11.6 Å². The molecule has 1 aromatic heterocycles. The molecule has 0 unspecified atom stereocenters. The Morgan fingerprint density at radius 1 is 1.30 bits per heavy atom. The Labute approximate surface area is 115 Å². The Morgan fingerprint density at radius 2 is 2.05 bits per heavy atom. The summed E-state index contributed by atoms with van der Waals surface area (Å²) in [5, 5.41) is 6.84. The van der Waals surface area contributed by atoms with Gasteiger partial charge in [-0.1, -0.05) is 6.07 Å². The molecule has 1 N–H and O–H groups in total. The van der Waals surface area contributed by atoms with Gasteiger partial charge in [-0.05, 0) is 31.0 Å². The summed E-state index contributed by atoms with van der Waals surface area (Å²) in [7, 11) is 1.73. The Hall–Kier alpha value is -2.24. The zero-order valence-corrected chi connectivity index (χ0v) is 11.3. The molecule has 20 heavy (non-hydrogen) atoms. The van der Waals surface area contributed by atoms with Crippen LogP contribution in [0.4, 0.5) is 14.6 Å². The van der Waals surface area contributed by atoms with Crippen LogP contribution in [-0.4, -0.2) is 15.7 Å². The van der Waals surface area contributed by atoms with E-state index in [2.05, 4.69) is 10.4 Å². The number of amides is 1. The molecule has 0 saturated heterocycles. The third-order valence-electron chi connectivity index (χ3n) is 2.89. The van der Waals surface area contributed by atoms with Crippen molar-refractivity contribution in [1.82, 2.24) is 9.78 Å². The molecule has 0 aliphatic carbocycles.